The van der Waals surface area contributed by atoms with Crippen LogP contribution in [-0.2, 0) is 6.42 Å². The number of aryl methyl sites for hydroxylation is 2. The summed E-state index contributed by atoms with van der Waals surface area (Å²) in [7, 11) is 0. The lowest BCUT2D eigenvalue weighted by Crippen LogP contribution is -1.85. The molecule has 84 valence electrons. The van der Waals surface area contributed by atoms with Crippen LogP contribution in [-0.4, -0.2) is 10.1 Å². The Bertz CT molecular complexity index is 473. The second kappa shape index (κ2) is 4.53. The molecule has 0 unspecified atom stereocenters. The van der Waals surface area contributed by atoms with Gasteiger partial charge in [0, 0.05) is 11.4 Å². The summed E-state index contributed by atoms with van der Waals surface area (Å²) in [6.07, 6.45) is 0.902. The van der Waals surface area contributed by atoms with Crippen LogP contribution in [0.2, 0.25) is 0 Å². The zero-order valence-corrected chi connectivity index (χ0v) is 10.0. The zero-order chi connectivity index (χ0) is 11.5. The summed E-state index contributed by atoms with van der Waals surface area (Å²) < 4.78 is 5.57. The third-order valence-corrected chi connectivity index (χ3v) is 2.90. The van der Waals surface area contributed by atoms with Crippen LogP contribution in [0.3, 0.4) is 0 Å². The fourth-order valence-electron chi connectivity index (χ4n) is 1.39. The number of hydrogen-bond acceptors (Lipinski definition) is 4. The highest BCUT2D eigenvalue weighted by atomic mass is 32.1. The highest BCUT2D eigenvalue weighted by Crippen LogP contribution is 2.28. The molecule has 0 spiro atoms. The van der Waals surface area contributed by atoms with E-state index in [1.165, 1.54) is 11.3 Å². The predicted molar refractivity (Wildman–Crippen MR) is 64.4 cm³/mol. The maximum Gasteiger partial charge on any atom is 0.278 e. The van der Waals surface area contributed by atoms with Crippen LogP contribution in [0.25, 0.3) is 0 Å². The van der Waals surface area contributed by atoms with Crippen LogP contribution in [0.4, 0.5) is 0 Å². The van der Waals surface area contributed by atoms with Crippen LogP contribution in [0.1, 0.15) is 18.2 Å². The maximum absolute atomic E-state index is 9.43. The van der Waals surface area contributed by atoms with Crippen LogP contribution in [0.15, 0.2) is 23.6 Å². The van der Waals surface area contributed by atoms with Gasteiger partial charge in [0.05, 0.1) is 5.69 Å². The summed E-state index contributed by atoms with van der Waals surface area (Å²) in [5.74, 6) is 0.830. The van der Waals surface area contributed by atoms with E-state index in [0.29, 0.717) is 10.9 Å². The van der Waals surface area contributed by atoms with Gasteiger partial charge in [0.1, 0.15) is 11.5 Å². The predicted octanol–water partition coefficient (Wildman–Crippen LogP) is 3.51. The number of benzene rings is 1. The van der Waals surface area contributed by atoms with Crippen molar-refractivity contribution in [3.63, 3.8) is 0 Å². The van der Waals surface area contributed by atoms with Crippen molar-refractivity contribution in [2.45, 2.75) is 20.3 Å². The van der Waals surface area contributed by atoms with Gasteiger partial charge in [0.15, 0.2) is 0 Å². The van der Waals surface area contributed by atoms with Crippen molar-refractivity contribution >= 4 is 11.3 Å². The van der Waals surface area contributed by atoms with E-state index in [-0.39, 0.29) is 5.75 Å². The van der Waals surface area contributed by atoms with Crippen molar-refractivity contribution in [1.29, 1.82) is 0 Å². The number of phenols is 1. The van der Waals surface area contributed by atoms with E-state index >= 15 is 0 Å². The minimum Gasteiger partial charge on any atom is -0.508 e. The molecule has 16 heavy (non-hydrogen) atoms. The molecule has 2 rings (SSSR count). The van der Waals surface area contributed by atoms with E-state index in [9.17, 15) is 5.11 Å². The van der Waals surface area contributed by atoms with E-state index in [0.717, 1.165) is 17.7 Å². The number of aromatic nitrogens is 1. The highest BCUT2D eigenvalue weighted by Gasteiger charge is 2.04. The summed E-state index contributed by atoms with van der Waals surface area (Å²) in [4.78, 5) is 4.30. The fourth-order valence-corrected chi connectivity index (χ4v) is 2.16. The largest absolute Gasteiger partial charge is 0.508 e. The SMILES string of the molecule is CCc1csc(Oc2cc(C)cc(O)c2)n1. The molecule has 3 nitrogen and oxygen atoms in total. The topological polar surface area (TPSA) is 42.4 Å². The van der Waals surface area contributed by atoms with Gasteiger partial charge < -0.3 is 9.84 Å². The monoisotopic (exact) mass is 235 g/mol. The van der Waals surface area contributed by atoms with E-state index < -0.39 is 0 Å². The zero-order valence-electron chi connectivity index (χ0n) is 9.23. The first-order chi connectivity index (χ1) is 7.67. The molecular formula is C12H13NO2S. The van der Waals surface area contributed by atoms with Crippen molar-refractivity contribution in [3.8, 4) is 16.7 Å². The molecule has 0 aliphatic heterocycles. The molecule has 2 aromatic rings. The van der Waals surface area contributed by atoms with Gasteiger partial charge in [-0.05, 0) is 31.0 Å². The number of rotatable bonds is 3. The summed E-state index contributed by atoms with van der Waals surface area (Å²) >= 11 is 1.47. The van der Waals surface area contributed by atoms with Crippen molar-refractivity contribution in [2.24, 2.45) is 0 Å². The lowest BCUT2D eigenvalue weighted by Gasteiger charge is -2.03. The van der Waals surface area contributed by atoms with Crippen molar-refractivity contribution in [1.82, 2.24) is 4.98 Å². The molecule has 4 heteroatoms. The summed E-state index contributed by atoms with van der Waals surface area (Å²) in [6, 6.07) is 5.14. The van der Waals surface area contributed by atoms with Crippen LogP contribution in [0, 0.1) is 6.92 Å². The fraction of sp³-hybridized carbons (Fsp3) is 0.250. The number of thiazole rings is 1. The van der Waals surface area contributed by atoms with E-state index in [4.69, 9.17) is 4.74 Å². The number of ether oxygens (including phenoxy) is 1. The van der Waals surface area contributed by atoms with Gasteiger partial charge >= 0.3 is 0 Å². The molecule has 1 aromatic heterocycles. The number of phenolic OH excluding ortho intramolecular Hbond substituents is 1. The molecule has 0 bridgehead atoms. The summed E-state index contributed by atoms with van der Waals surface area (Å²) in [5.41, 5.74) is 1.99. The molecule has 0 amide bonds. The van der Waals surface area contributed by atoms with E-state index in [2.05, 4.69) is 11.9 Å². The number of aromatic hydroxyl groups is 1. The molecule has 1 N–H and O–H groups in total. The smallest absolute Gasteiger partial charge is 0.278 e. The lowest BCUT2D eigenvalue weighted by atomic mass is 10.2. The van der Waals surface area contributed by atoms with Crippen LogP contribution >= 0.6 is 11.3 Å². The Morgan fingerprint density at radius 3 is 2.81 bits per heavy atom. The molecule has 0 aliphatic carbocycles. The van der Waals surface area contributed by atoms with E-state index in [1.807, 2.05) is 18.4 Å². The molecule has 0 saturated carbocycles. The quantitative estimate of drug-likeness (QED) is 0.885. The van der Waals surface area contributed by atoms with Crippen molar-refractivity contribution in [2.75, 3.05) is 0 Å². The Hall–Kier alpha value is -1.55. The molecule has 0 atom stereocenters. The Morgan fingerprint density at radius 2 is 2.19 bits per heavy atom. The van der Waals surface area contributed by atoms with Crippen molar-refractivity contribution in [3.05, 3.63) is 34.8 Å². The first-order valence-corrected chi connectivity index (χ1v) is 5.98. The number of hydrogen-bond donors (Lipinski definition) is 1. The Kier molecular flexibility index (Phi) is 3.10. The standard InChI is InChI=1S/C12H13NO2S/c1-3-9-7-16-12(13-9)15-11-5-8(2)4-10(14)6-11/h4-7,14H,3H2,1-2H3. The first-order valence-electron chi connectivity index (χ1n) is 5.10. The Labute approximate surface area is 98.4 Å². The summed E-state index contributed by atoms with van der Waals surface area (Å²) in [6.45, 7) is 3.96. The van der Waals surface area contributed by atoms with E-state index in [1.54, 1.807) is 12.1 Å². The van der Waals surface area contributed by atoms with Gasteiger partial charge in [0.2, 0.25) is 0 Å². The second-order valence-electron chi connectivity index (χ2n) is 3.56. The summed E-state index contributed by atoms with van der Waals surface area (Å²) in [5, 5.41) is 12.0. The van der Waals surface area contributed by atoms with Gasteiger partial charge in [-0.15, -0.1) is 0 Å². The van der Waals surface area contributed by atoms with Gasteiger partial charge in [-0.2, -0.15) is 0 Å². The van der Waals surface area contributed by atoms with Crippen LogP contribution < -0.4 is 4.74 Å². The Balaban J connectivity index is 2.19. The average Bonchev–Trinajstić information content (AvgIpc) is 2.64. The minimum absolute atomic E-state index is 0.210. The Morgan fingerprint density at radius 1 is 1.38 bits per heavy atom. The van der Waals surface area contributed by atoms with Crippen molar-refractivity contribution < 1.29 is 9.84 Å². The maximum atomic E-state index is 9.43. The normalized spacial score (nSPS) is 10.4. The lowest BCUT2D eigenvalue weighted by molar-refractivity contribution is 0.452. The molecule has 0 saturated heterocycles. The molecular weight excluding hydrogens is 222 g/mol. The molecule has 1 aromatic carbocycles. The molecule has 1 heterocycles. The number of nitrogens with zero attached hydrogens (tertiary/aromatic N) is 1. The van der Waals surface area contributed by atoms with Gasteiger partial charge in [0.25, 0.3) is 5.19 Å². The molecule has 0 fully saturated rings. The molecule has 0 aliphatic rings. The minimum atomic E-state index is 0.210. The molecule has 0 radical (unpaired) electrons. The van der Waals surface area contributed by atoms with Crippen LogP contribution in [0.5, 0.6) is 16.7 Å². The van der Waals surface area contributed by atoms with Gasteiger partial charge in [-0.3, -0.25) is 0 Å². The third kappa shape index (κ3) is 2.52. The third-order valence-electron chi connectivity index (χ3n) is 2.13. The van der Waals surface area contributed by atoms with Gasteiger partial charge in [-0.25, -0.2) is 4.98 Å². The second-order valence-corrected chi connectivity index (χ2v) is 4.39. The first kappa shape index (κ1) is 11.0. The highest BCUT2D eigenvalue weighted by molar-refractivity contribution is 7.11. The van der Waals surface area contributed by atoms with Gasteiger partial charge in [-0.1, -0.05) is 18.3 Å². The average molecular weight is 235 g/mol.